The van der Waals surface area contributed by atoms with Crippen LogP contribution < -0.4 is 16.4 Å². The van der Waals surface area contributed by atoms with E-state index in [0.29, 0.717) is 11.3 Å². The van der Waals surface area contributed by atoms with Crippen LogP contribution in [0.4, 0.5) is 11.5 Å². The van der Waals surface area contributed by atoms with Crippen LogP contribution in [0.15, 0.2) is 12.3 Å². The first-order valence-electron chi connectivity index (χ1n) is 7.03. The molecule has 0 aliphatic carbocycles. The molecule has 6 heteroatoms. The van der Waals surface area contributed by atoms with Crippen molar-refractivity contribution in [3.05, 3.63) is 17.8 Å². The summed E-state index contributed by atoms with van der Waals surface area (Å²) < 4.78 is 5.80. The lowest BCUT2D eigenvalue weighted by molar-refractivity contribution is 0.0439. The van der Waals surface area contributed by atoms with Gasteiger partial charge in [-0.1, -0.05) is 6.92 Å². The van der Waals surface area contributed by atoms with Crippen LogP contribution in [0.5, 0.6) is 0 Å². The SMILES string of the molecule is CCCOC1CCCN(c2cc(C(N)=O)c(N)cn2)C1. The van der Waals surface area contributed by atoms with E-state index in [0.717, 1.165) is 44.8 Å². The number of hydrogen-bond acceptors (Lipinski definition) is 5. The maximum absolute atomic E-state index is 11.3. The van der Waals surface area contributed by atoms with Crippen molar-refractivity contribution in [1.29, 1.82) is 0 Å². The van der Waals surface area contributed by atoms with Crippen LogP contribution in [0, 0.1) is 0 Å². The standard InChI is InChI=1S/C14H22N4O2/c1-2-6-20-10-4-3-5-18(9-10)13-7-11(14(16)19)12(15)8-17-13/h7-8,10H,2-6,9,15H2,1H3,(H2,16,19). The topological polar surface area (TPSA) is 94.5 Å². The largest absolute Gasteiger partial charge is 0.397 e. The van der Waals surface area contributed by atoms with Gasteiger partial charge < -0.3 is 21.1 Å². The number of ether oxygens (including phenoxy) is 1. The molecule has 6 nitrogen and oxygen atoms in total. The maximum atomic E-state index is 11.3. The highest BCUT2D eigenvalue weighted by Crippen LogP contribution is 2.22. The minimum Gasteiger partial charge on any atom is -0.397 e. The molecular formula is C14H22N4O2. The maximum Gasteiger partial charge on any atom is 0.250 e. The number of nitrogen functional groups attached to an aromatic ring is 1. The fourth-order valence-electron chi connectivity index (χ4n) is 2.41. The Hall–Kier alpha value is -1.82. The highest BCUT2D eigenvalue weighted by Gasteiger charge is 2.22. The zero-order valence-electron chi connectivity index (χ0n) is 11.8. The predicted molar refractivity (Wildman–Crippen MR) is 78.6 cm³/mol. The Bertz CT molecular complexity index is 478. The molecule has 1 aliphatic heterocycles. The Morgan fingerprint density at radius 3 is 3.10 bits per heavy atom. The molecule has 0 bridgehead atoms. The number of amides is 1. The average Bonchev–Trinajstić information content (AvgIpc) is 2.45. The predicted octanol–water partition coefficient (Wildman–Crippen LogP) is 1.16. The van der Waals surface area contributed by atoms with Gasteiger partial charge in [-0.25, -0.2) is 4.98 Å². The Kier molecular flexibility index (Phi) is 4.79. The summed E-state index contributed by atoms with van der Waals surface area (Å²) in [6.45, 7) is 4.57. The zero-order chi connectivity index (χ0) is 14.5. The third-order valence-electron chi connectivity index (χ3n) is 3.45. The van der Waals surface area contributed by atoms with Crippen LogP contribution in [-0.4, -0.2) is 36.7 Å². The van der Waals surface area contributed by atoms with Crippen LogP contribution >= 0.6 is 0 Å². The summed E-state index contributed by atoms with van der Waals surface area (Å²) in [5.41, 5.74) is 11.7. The molecule has 110 valence electrons. The molecule has 0 saturated carbocycles. The van der Waals surface area contributed by atoms with Gasteiger partial charge in [-0.05, 0) is 25.3 Å². The van der Waals surface area contributed by atoms with Crippen molar-refractivity contribution < 1.29 is 9.53 Å². The molecule has 1 fully saturated rings. The molecule has 0 aromatic carbocycles. The summed E-state index contributed by atoms with van der Waals surface area (Å²) in [7, 11) is 0. The van der Waals surface area contributed by atoms with E-state index >= 15 is 0 Å². The van der Waals surface area contributed by atoms with Gasteiger partial charge in [0.1, 0.15) is 5.82 Å². The first kappa shape index (κ1) is 14.6. The van der Waals surface area contributed by atoms with Crippen molar-refractivity contribution in [2.75, 3.05) is 30.3 Å². The summed E-state index contributed by atoms with van der Waals surface area (Å²) in [4.78, 5) is 17.8. The van der Waals surface area contributed by atoms with Crippen LogP contribution in [0.2, 0.25) is 0 Å². The zero-order valence-corrected chi connectivity index (χ0v) is 11.8. The first-order chi connectivity index (χ1) is 9.61. The molecule has 1 atom stereocenters. The number of hydrogen-bond donors (Lipinski definition) is 2. The van der Waals surface area contributed by atoms with Gasteiger partial charge in [0, 0.05) is 19.7 Å². The Labute approximate surface area is 119 Å². The number of anilines is 2. The molecule has 1 amide bonds. The third-order valence-corrected chi connectivity index (χ3v) is 3.45. The number of carbonyl (C=O) groups excluding carboxylic acids is 1. The lowest BCUT2D eigenvalue weighted by atomic mass is 10.1. The Balaban J connectivity index is 2.10. The van der Waals surface area contributed by atoms with Gasteiger partial charge in [0.25, 0.3) is 5.91 Å². The fraction of sp³-hybridized carbons (Fsp3) is 0.571. The summed E-state index contributed by atoms with van der Waals surface area (Å²) >= 11 is 0. The van der Waals surface area contributed by atoms with Crippen LogP contribution in [0.25, 0.3) is 0 Å². The second-order valence-electron chi connectivity index (χ2n) is 5.08. The van der Waals surface area contributed by atoms with Gasteiger partial charge in [-0.3, -0.25) is 4.79 Å². The highest BCUT2D eigenvalue weighted by molar-refractivity contribution is 5.98. The molecule has 0 radical (unpaired) electrons. The lowest BCUT2D eigenvalue weighted by Gasteiger charge is -2.33. The van der Waals surface area contributed by atoms with E-state index in [9.17, 15) is 4.79 Å². The number of nitrogens with two attached hydrogens (primary N) is 2. The smallest absolute Gasteiger partial charge is 0.250 e. The van der Waals surface area contributed by atoms with E-state index < -0.39 is 5.91 Å². The van der Waals surface area contributed by atoms with Gasteiger partial charge in [-0.2, -0.15) is 0 Å². The van der Waals surface area contributed by atoms with Gasteiger partial charge in [0.05, 0.1) is 23.6 Å². The molecule has 1 saturated heterocycles. The van der Waals surface area contributed by atoms with Crippen LogP contribution in [-0.2, 0) is 4.74 Å². The number of primary amides is 1. The molecule has 2 rings (SSSR count). The van der Waals surface area contributed by atoms with Gasteiger partial charge >= 0.3 is 0 Å². The normalized spacial score (nSPS) is 19.1. The summed E-state index contributed by atoms with van der Waals surface area (Å²) in [5.74, 6) is 0.208. The molecule has 1 aromatic heterocycles. The lowest BCUT2D eigenvalue weighted by Crippen LogP contribution is -2.40. The number of rotatable bonds is 5. The summed E-state index contributed by atoms with van der Waals surface area (Å²) in [5, 5.41) is 0. The molecule has 2 heterocycles. The Morgan fingerprint density at radius 2 is 2.40 bits per heavy atom. The number of piperidine rings is 1. The molecule has 0 spiro atoms. The number of nitrogens with zero attached hydrogens (tertiary/aromatic N) is 2. The molecule has 1 aromatic rings. The van der Waals surface area contributed by atoms with E-state index in [1.807, 2.05) is 0 Å². The van der Waals surface area contributed by atoms with Crippen molar-refractivity contribution in [2.24, 2.45) is 5.73 Å². The second kappa shape index (κ2) is 6.56. The van der Waals surface area contributed by atoms with Crippen molar-refractivity contribution in [3.63, 3.8) is 0 Å². The van der Waals surface area contributed by atoms with Crippen LogP contribution in [0.3, 0.4) is 0 Å². The van der Waals surface area contributed by atoms with Gasteiger partial charge in [-0.15, -0.1) is 0 Å². The minimum atomic E-state index is -0.526. The highest BCUT2D eigenvalue weighted by atomic mass is 16.5. The average molecular weight is 278 g/mol. The van der Waals surface area contributed by atoms with Crippen molar-refractivity contribution in [1.82, 2.24) is 4.98 Å². The fourth-order valence-corrected chi connectivity index (χ4v) is 2.41. The van der Waals surface area contributed by atoms with E-state index in [2.05, 4.69) is 16.8 Å². The van der Waals surface area contributed by atoms with Crippen molar-refractivity contribution >= 4 is 17.4 Å². The number of carbonyl (C=O) groups is 1. The van der Waals surface area contributed by atoms with E-state index in [1.165, 1.54) is 6.20 Å². The number of pyridine rings is 1. The molecular weight excluding hydrogens is 256 g/mol. The molecule has 20 heavy (non-hydrogen) atoms. The van der Waals surface area contributed by atoms with E-state index in [4.69, 9.17) is 16.2 Å². The first-order valence-corrected chi connectivity index (χ1v) is 7.03. The Morgan fingerprint density at radius 1 is 1.60 bits per heavy atom. The minimum absolute atomic E-state index is 0.222. The van der Waals surface area contributed by atoms with Crippen molar-refractivity contribution in [2.45, 2.75) is 32.3 Å². The summed E-state index contributed by atoms with van der Waals surface area (Å²) in [6.07, 6.45) is 4.84. The molecule has 4 N–H and O–H groups in total. The van der Waals surface area contributed by atoms with Crippen molar-refractivity contribution in [3.8, 4) is 0 Å². The number of aromatic nitrogens is 1. The molecule has 1 aliphatic rings. The second-order valence-corrected chi connectivity index (χ2v) is 5.08. The monoisotopic (exact) mass is 278 g/mol. The quantitative estimate of drug-likeness (QED) is 0.842. The third kappa shape index (κ3) is 3.39. The van der Waals surface area contributed by atoms with Gasteiger partial charge in [0.2, 0.25) is 0 Å². The van der Waals surface area contributed by atoms with Crippen LogP contribution in [0.1, 0.15) is 36.5 Å². The molecule has 1 unspecified atom stereocenters. The van der Waals surface area contributed by atoms with Gasteiger partial charge in [0.15, 0.2) is 0 Å². The summed E-state index contributed by atoms with van der Waals surface area (Å²) in [6, 6.07) is 1.67. The van der Waals surface area contributed by atoms with E-state index in [1.54, 1.807) is 6.07 Å². The van der Waals surface area contributed by atoms with E-state index in [-0.39, 0.29) is 6.10 Å².